The third-order valence-corrected chi connectivity index (χ3v) is 2.77. The molecule has 0 rings (SSSR count). The Hall–Kier alpha value is -0.710. The summed E-state index contributed by atoms with van der Waals surface area (Å²) in [6.07, 6.45) is 2.43. The molecule has 0 saturated heterocycles. The van der Waals surface area contributed by atoms with Crippen molar-refractivity contribution in [1.29, 1.82) is 0 Å². The number of carbonyl (C=O) groups is 2. The lowest BCUT2D eigenvalue weighted by Crippen LogP contribution is -2.34. The molecule has 82 valence electrons. The van der Waals surface area contributed by atoms with E-state index in [9.17, 15) is 9.59 Å². The summed E-state index contributed by atoms with van der Waals surface area (Å²) in [6, 6.07) is 0. The number of carboxylic acid groups (broad SMARTS) is 1. The Labute approximate surface area is 89.3 Å². The number of hydrogen-bond donors (Lipinski definition) is 3. The molecule has 0 aliphatic rings. The number of hydrogen-bond acceptors (Lipinski definition) is 3. The van der Waals surface area contributed by atoms with Crippen LogP contribution in [0.25, 0.3) is 0 Å². The Morgan fingerprint density at radius 1 is 1.43 bits per heavy atom. The van der Waals surface area contributed by atoms with Crippen molar-refractivity contribution in [2.75, 3.05) is 0 Å². The smallest absolute Gasteiger partial charge is 0.319 e. The van der Waals surface area contributed by atoms with Crippen molar-refractivity contribution >= 4 is 24.5 Å². The number of carbonyl (C=O) groups excluding carboxylic acids is 1. The highest BCUT2D eigenvalue weighted by Gasteiger charge is 2.33. The van der Waals surface area contributed by atoms with Crippen molar-refractivity contribution in [1.82, 2.24) is 0 Å². The fourth-order valence-corrected chi connectivity index (χ4v) is 1.41. The molecule has 0 heterocycles. The maximum Gasteiger partial charge on any atom is 0.319 e. The second kappa shape index (κ2) is 5.90. The van der Waals surface area contributed by atoms with Gasteiger partial charge in [-0.15, -0.1) is 0 Å². The molecule has 0 aliphatic carbocycles. The highest BCUT2D eigenvalue weighted by Crippen LogP contribution is 2.27. The van der Waals surface area contributed by atoms with Crippen LogP contribution in [0.2, 0.25) is 0 Å². The average Bonchev–Trinajstić information content (AvgIpc) is 2.11. The van der Waals surface area contributed by atoms with Gasteiger partial charge in [-0.2, -0.15) is 12.6 Å². The lowest BCUT2D eigenvalue weighted by Gasteiger charge is -2.22. The van der Waals surface area contributed by atoms with Gasteiger partial charge in [-0.1, -0.05) is 19.8 Å². The molecule has 4 nitrogen and oxygen atoms in total. The van der Waals surface area contributed by atoms with E-state index in [2.05, 4.69) is 12.6 Å². The molecule has 0 fully saturated rings. The first kappa shape index (κ1) is 13.3. The van der Waals surface area contributed by atoms with Gasteiger partial charge in [0, 0.05) is 6.42 Å². The molecule has 0 aliphatic heterocycles. The van der Waals surface area contributed by atoms with Gasteiger partial charge in [0.2, 0.25) is 5.91 Å². The molecular formula is C9H17NO3S. The second-order valence-corrected chi connectivity index (χ2v) is 4.26. The molecule has 0 saturated carbocycles. The number of thiol groups is 1. The SMILES string of the molecule is CCCCC(S)(CCC(N)=O)C(=O)O. The summed E-state index contributed by atoms with van der Waals surface area (Å²) in [5.41, 5.74) is 4.96. The largest absolute Gasteiger partial charge is 0.480 e. The number of primary amides is 1. The maximum atomic E-state index is 10.9. The van der Waals surface area contributed by atoms with Crippen molar-refractivity contribution in [2.45, 2.75) is 43.8 Å². The first-order chi connectivity index (χ1) is 6.42. The van der Waals surface area contributed by atoms with Gasteiger partial charge in [0.25, 0.3) is 0 Å². The zero-order valence-electron chi connectivity index (χ0n) is 8.32. The van der Waals surface area contributed by atoms with Crippen LogP contribution < -0.4 is 5.73 Å². The first-order valence-corrected chi connectivity index (χ1v) is 5.11. The monoisotopic (exact) mass is 219 g/mol. The van der Waals surface area contributed by atoms with Crippen LogP contribution in [-0.2, 0) is 9.59 Å². The highest BCUT2D eigenvalue weighted by atomic mass is 32.1. The lowest BCUT2D eigenvalue weighted by atomic mass is 9.95. The van der Waals surface area contributed by atoms with Crippen LogP contribution in [-0.4, -0.2) is 21.7 Å². The molecule has 1 amide bonds. The van der Waals surface area contributed by atoms with E-state index in [1.165, 1.54) is 0 Å². The van der Waals surface area contributed by atoms with E-state index >= 15 is 0 Å². The zero-order chi connectivity index (χ0) is 11.2. The molecule has 1 atom stereocenters. The van der Waals surface area contributed by atoms with E-state index in [0.717, 1.165) is 12.8 Å². The lowest BCUT2D eigenvalue weighted by molar-refractivity contribution is -0.140. The van der Waals surface area contributed by atoms with Crippen molar-refractivity contribution in [2.24, 2.45) is 5.73 Å². The molecule has 0 radical (unpaired) electrons. The Morgan fingerprint density at radius 3 is 2.36 bits per heavy atom. The van der Waals surface area contributed by atoms with Crippen molar-refractivity contribution in [3.8, 4) is 0 Å². The van der Waals surface area contributed by atoms with E-state index in [1.807, 2.05) is 6.92 Å². The van der Waals surface area contributed by atoms with Gasteiger partial charge in [0.05, 0.1) is 0 Å². The molecule has 3 N–H and O–H groups in total. The molecule has 0 aromatic heterocycles. The van der Waals surface area contributed by atoms with Gasteiger partial charge < -0.3 is 10.8 Å². The van der Waals surface area contributed by atoms with Crippen LogP contribution in [0.5, 0.6) is 0 Å². The summed E-state index contributed by atoms with van der Waals surface area (Å²) in [5.74, 6) is -1.46. The van der Waals surface area contributed by atoms with Gasteiger partial charge in [-0.3, -0.25) is 9.59 Å². The van der Waals surface area contributed by atoms with Crippen LogP contribution in [0, 0.1) is 0 Å². The van der Waals surface area contributed by atoms with Crippen LogP contribution >= 0.6 is 12.6 Å². The van der Waals surface area contributed by atoms with Crippen LogP contribution in [0.4, 0.5) is 0 Å². The Balaban J connectivity index is 4.24. The van der Waals surface area contributed by atoms with Gasteiger partial charge in [-0.05, 0) is 12.8 Å². The van der Waals surface area contributed by atoms with Gasteiger partial charge in [0.1, 0.15) is 4.75 Å². The fourth-order valence-electron chi connectivity index (χ4n) is 1.14. The minimum absolute atomic E-state index is 0.0690. The summed E-state index contributed by atoms with van der Waals surface area (Å²) in [7, 11) is 0. The number of amides is 1. The molecule has 14 heavy (non-hydrogen) atoms. The predicted molar refractivity (Wildman–Crippen MR) is 57.3 cm³/mol. The molecule has 0 bridgehead atoms. The molecule has 0 aromatic carbocycles. The summed E-state index contributed by atoms with van der Waals surface area (Å²) < 4.78 is -1.11. The molecule has 0 aromatic rings. The van der Waals surface area contributed by atoms with E-state index in [0.29, 0.717) is 6.42 Å². The summed E-state index contributed by atoms with van der Waals surface area (Å²) >= 11 is 4.11. The van der Waals surface area contributed by atoms with Crippen LogP contribution in [0.15, 0.2) is 0 Å². The van der Waals surface area contributed by atoms with Crippen molar-refractivity contribution in [3.63, 3.8) is 0 Å². The minimum atomic E-state index is -1.11. The Bertz CT molecular complexity index is 220. The van der Waals surface area contributed by atoms with E-state index in [1.54, 1.807) is 0 Å². The highest BCUT2D eigenvalue weighted by molar-refractivity contribution is 7.82. The quantitative estimate of drug-likeness (QED) is 0.563. The van der Waals surface area contributed by atoms with Crippen LogP contribution in [0.3, 0.4) is 0 Å². The van der Waals surface area contributed by atoms with Crippen molar-refractivity contribution < 1.29 is 14.7 Å². The normalized spacial score (nSPS) is 14.7. The fraction of sp³-hybridized carbons (Fsp3) is 0.778. The number of nitrogens with two attached hydrogens (primary N) is 1. The minimum Gasteiger partial charge on any atom is -0.480 e. The summed E-state index contributed by atoms with van der Waals surface area (Å²) in [5, 5.41) is 8.94. The number of carboxylic acids is 1. The van der Waals surface area contributed by atoms with Gasteiger partial charge >= 0.3 is 5.97 Å². The topological polar surface area (TPSA) is 80.4 Å². The van der Waals surface area contributed by atoms with Gasteiger partial charge in [0.15, 0.2) is 0 Å². The molecule has 0 spiro atoms. The summed E-state index contributed by atoms with van der Waals surface area (Å²) in [6.45, 7) is 1.98. The van der Waals surface area contributed by atoms with E-state index in [4.69, 9.17) is 10.8 Å². The first-order valence-electron chi connectivity index (χ1n) is 4.66. The number of rotatable bonds is 7. The number of unbranched alkanes of at least 4 members (excludes halogenated alkanes) is 1. The molecule has 5 heteroatoms. The Kier molecular flexibility index (Phi) is 5.60. The predicted octanol–water partition coefficient (Wildman–Crippen LogP) is 1.20. The second-order valence-electron chi connectivity index (χ2n) is 3.41. The van der Waals surface area contributed by atoms with Gasteiger partial charge in [-0.25, -0.2) is 0 Å². The average molecular weight is 219 g/mol. The third-order valence-electron chi connectivity index (χ3n) is 2.13. The third kappa shape index (κ3) is 4.50. The molecule has 1 unspecified atom stereocenters. The summed E-state index contributed by atoms with van der Waals surface area (Å²) in [4.78, 5) is 21.4. The number of aliphatic carboxylic acids is 1. The standard InChI is InChI=1S/C9H17NO3S/c1-2-3-5-9(14,8(12)13)6-4-7(10)11/h14H,2-6H2,1H3,(H2,10,11)(H,12,13). The maximum absolute atomic E-state index is 10.9. The van der Waals surface area contributed by atoms with E-state index < -0.39 is 16.6 Å². The van der Waals surface area contributed by atoms with Crippen molar-refractivity contribution in [3.05, 3.63) is 0 Å². The molecular weight excluding hydrogens is 202 g/mol. The van der Waals surface area contributed by atoms with E-state index in [-0.39, 0.29) is 12.8 Å². The zero-order valence-corrected chi connectivity index (χ0v) is 9.22. The van der Waals surface area contributed by atoms with Crippen LogP contribution in [0.1, 0.15) is 39.0 Å². The Morgan fingerprint density at radius 2 is 2.00 bits per heavy atom.